The summed E-state index contributed by atoms with van der Waals surface area (Å²) in [4.78, 5) is 60.4. The van der Waals surface area contributed by atoms with Crippen LogP contribution >= 0.6 is 110 Å². The summed E-state index contributed by atoms with van der Waals surface area (Å²) in [7, 11) is -7.40. The average molecular weight is 1460 g/mol. The number of hydrogen-bond acceptors (Lipinski definition) is 14. The fraction of sp³-hybridized carbons (Fsp3) is 0.333. The van der Waals surface area contributed by atoms with E-state index in [0.717, 1.165) is 48.5 Å². The van der Waals surface area contributed by atoms with Gasteiger partial charge in [-0.05, 0) is 24.3 Å². The second-order valence-electron chi connectivity index (χ2n) is 8.14. The number of aliphatic carboxylic acids is 2. The molecule has 51 heavy (non-hydrogen) atoms. The molecular formula is C24H28ClI6N2O16S2-. The molecule has 27 heteroatoms. The number of nitrogens with zero attached hydrogens (tertiary/aromatic N) is 2. The molecule has 2 rings (SSSR count). The van der Waals surface area contributed by atoms with Crippen LogP contribution in [0.2, 0.25) is 0 Å². The molecule has 0 aliphatic heterocycles. The molecule has 0 heterocycles. The number of rotatable bonds is 14. The molecule has 0 aliphatic carbocycles. The number of carbonyl (C=O) groups is 4. The molecule has 0 bridgehead atoms. The molecule has 2 aromatic carbocycles. The maximum atomic E-state index is 11.9. The van der Waals surface area contributed by atoms with Crippen LogP contribution in [0.25, 0.3) is 0 Å². The van der Waals surface area contributed by atoms with E-state index in [2.05, 4.69) is 83.9 Å². The van der Waals surface area contributed by atoms with Crippen molar-refractivity contribution in [3.63, 3.8) is 0 Å². The topological polar surface area (TPSA) is 282 Å². The van der Waals surface area contributed by atoms with Crippen molar-refractivity contribution in [3.8, 4) is 0 Å². The number of esters is 1. The second kappa shape index (κ2) is 33.1. The molecule has 18 nitrogen and oxygen atoms in total. The van der Waals surface area contributed by atoms with Crippen molar-refractivity contribution in [2.24, 2.45) is 0 Å². The zero-order valence-electron chi connectivity index (χ0n) is 25.6. The minimum absolute atomic E-state index is 0. The second-order valence-corrected chi connectivity index (χ2v) is 28.9. The predicted molar refractivity (Wildman–Crippen MR) is 225 cm³/mol. The number of halogens is 7. The van der Waals surface area contributed by atoms with Gasteiger partial charge in [-0.25, -0.2) is 21.6 Å². The molecule has 0 aromatic heterocycles. The molecule has 2 aromatic rings. The number of benzene rings is 2. The Morgan fingerprint density at radius 3 is 1.31 bits per heavy atom. The normalized spacial score (nSPS) is 9.84. The predicted octanol–water partition coefficient (Wildman–Crippen LogP) is 4.17. The third-order valence-electron chi connectivity index (χ3n) is 4.84. The van der Waals surface area contributed by atoms with E-state index in [1.54, 1.807) is 6.92 Å². The number of carboxylic acids is 2. The summed E-state index contributed by atoms with van der Waals surface area (Å²) in [6, 6.07) is 8.73. The van der Waals surface area contributed by atoms with Gasteiger partial charge in [0.05, 0.1) is 44.0 Å². The molecule has 0 saturated carbocycles. The van der Waals surface area contributed by atoms with Crippen LogP contribution in [0.3, 0.4) is 0 Å². The summed E-state index contributed by atoms with van der Waals surface area (Å²) < 4.78 is 56.1. The fourth-order valence-electron chi connectivity index (χ4n) is 2.56. The van der Waals surface area contributed by atoms with E-state index < -0.39 is 77.4 Å². The first-order chi connectivity index (χ1) is 23.2. The first-order valence-corrected chi connectivity index (χ1v) is 35.1. The van der Waals surface area contributed by atoms with Crippen molar-refractivity contribution in [3.05, 3.63) is 68.8 Å². The maximum Gasteiger partial charge on any atom is 0.403 e. The van der Waals surface area contributed by atoms with Gasteiger partial charge in [0, 0.05) is 79.5 Å². The monoisotopic (exact) mass is 1460 g/mol. The van der Waals surface area contributed by atoms with Gasteiger partial charge in [-0.15, -0.1) is 24.0 Å². The quantitative estimate of drug-likeness (QED) is 0.0883. The van der Waals surface area contributed by atoms with Gasteiger partial charge in [-0.2, -0.15) is 0 Å². The van der Waals surface area contributed by atoms with Gasteiger partial charge in [0.1, 0.15) is 13.2 Å². The van der Waals surface area contributed by atoms with Crippen molar-refractivity contribution in [1.82, 2.24) is 0 Å². The third kappa shape index (κ3) is 30.7. The molecule has 0 amide bonds. The molecule has 0 fully saturated rings. The number of carboxylic acid groups (broad SMARTS) is 2. The van der Waals surface area contributed by atoms with Gasteiger partial charge < -0.3 is 19.7 Å². The van der Waals surface area contributed by atoms with E-state index in [1.807, 2.05) is 0 Å². The van der Waals surface area contributed by atoms with E-state index in [4.69, 9.17) is 21.8 Å². The number of hydrogen-bond donors (Lipinski definition) is 2. The molecule has 0 radical (unpaired) electrons. The van der Waals surface area contributed by atoms with Crippen LogP contribution in [-0.2, 0) is 43.5 Å². The maximum absolute atomic E-state index is 11.9. The molecular weight excluding hydrogens is 1430 g/mol. The van der Waals surface area contributed by atoms with E-state index in [1.165, 1.54) is 0 Å². The van der Waals surface area contributed by atoms with Gasteiger partial charge in [0.15, 0.2) is 19.7 Å². The smallest absolute Gasteiger partial charge is 0.403 e. The van der Waals surface area contributed by atoms with Crippen LogP contribution in [0.1, 0.15) is 26.2 Å². The van der Waals surface area contributed by atoms with Crippen LogP contribution in [0.15, 0.2) is 58.3 Å². The number of nitro groups is 2. The summed E-state index contributed by atoms with van der Waals surface area (Å²) in [6.07, 6.45) is -0.513. The van der Waals surface area contributed by atoms with E-state index >= 15 is 0 Å². The number of sulfone groups is 2. The zero-order valence-corrected chi connectivity index (χ0v) is 41.1. The van der Waals surface area contributed by atoms with Gasteiger partial charge >= 0.3 is 73.8 Å². The van der Waals surface area contributed by atoms with Crippen LogP contribution in [0.5, 0.6) is 0 Å². The number of ether oxygens (including phenoxy) is 2. The Labute approximate surface area is 367 Å². The molecule has 0 atom stereocenters. The van der Waals surface area contributed by atoms with Gasteiger partial charge in [0.2, 0.25) is 0 Å². The van der Waals surface area contributed by atoms with Crippen molar-refractivity contribution in [2.75, 3.05) is 24.7 Å². The summed E-state index contributed by atoms with van der Waals surface area (Å²) in [6.45, 7) is 0.807. The third-order valence-corrected chi connectivity index (χ3v) is 8.34. The van der Waals surface area contributed by atoms with Crippen molar-refractivity contribution >= 4 is 164 Å². The molecule has 0 saturated heterocycles. The number of non-ortho nitro benzene ring substituents is 2. The first kappa shape index (κ1) is 57.4. The zero-order chi connectivity index (χ0) is 39.5. The largest absolute Gasteiger partial charge is 0.481 e. The average Bonchev–Trinajstić information content (AvgIpc) is 3.05. The van der Waals surface area contributed by atoms with Crippen LogP contribution in [-0.4, -0.2) is 85.0 Å². The standard InChI is InChI=1S/C12H13NO8S.C9H8ClNO6S.C3H6O2.I3.I2.HI/c14-11(15)5-6-12(16)21-7-8-22(19,20)10-3-1-9(2-4-10)13(17)18;10-9(12)17-5-6-18(15,16)8-3-1-7(2-4-8)11(13)14;1-2-3(4)5;1-3-2;1-2;/h1-4H,5-8H2,(H,14,15);1-4H,5-6H2;2H2,1H3,(H,4,5);;;1H/q;;;-1;;. The number of carbonyl (C=O) groups excluding carboxylic acids is 2. The summed E-state index contributed by atoms with van der Waals surface area (Å²) in [5.41, 5.74) is -1.53. The van der Waals surface area contributed by atoms with Gasteiger partial charge in [-0.1, -0.05) is 6.92 Å². The van der Waals surface area contributed by atoms with Crippen LogP contribution < -0.4 is 13.3 Å². The Bertz CT molecular complexity index is 1600. The van der Waals surface area contributed by atoms with Crippen LogP contribution in [0, 0.1) is 20.2 Å². The summed E-state index contributed by atoms with van der Waals surface area (Å²) in [5, 5.41) is 37.0. The Hall–Kier alpha value is -0.310. The Morgan fingerprint density at radius 1 is 0.745 bits per heavy atom. The Morgan fingerprint density at radius 2 is 1.06 bits per heavy atom. The van der Waals surface area contributed by atoms with Crippen LogP contribution in [0.4, 0.5) is 16.2 Å². The van der Waals surface area contributed by atoms with Crippen molar-refractivity contribution < 1.29 is 78.8 Å². The summed E-state index contributed by atoms with van der Waals surface area (Å²) >= 11 is 14.4. The van der Waals surface area contributed by atoms with E-state index in [9.17, 15) is 56.2 Å². The minimum Gasteiger partial charge on any atom is -0.481 e. The molecule has 292 valence electrons. The van der Waals surface area contributed by atoms with Crippen molar-refractivity contribution in [1.29, 1.82) is 0 Å². The molecule has 0 spiro atoms. The molecule has 0 unspecified atom stereocenters. The number of nitro benzene ring substituents is 2. The van der Waals surface area contributed by atoms with Gasteiger partial charge in [0.25, 0.3) is 11.4 Å². The minimum atomic E-state index is -3.75. The Balaban J connectivity index is -0.000000341. The van der Waals surface area contributed by atoms with Crippen molar-refractivity contribution in [2.45, 2.75) is 36.0 Å². The first-order valence-electron chi connectivity index (χ1n) is 12.6. The fourth-order valence-corrected chi connectivity index (χ4v) is 4.82. The van der Waals surface area contributed by atoms with E-state index in [-0.39, 0.29) is 64.6 Å². The Kier molecular flexibility index (Phi) is 37.2. The molecule has 2 N–H and O–H groups in total. The van der Waals surface area contributed by atoms with Gasteiger partial charge in [-0.3, -0.25) is 34.6 Å². The van der Waals surface area contributed by atoms with E-state index in [0.29, 0.717) is 13.3 Å². The SMILES string of the molecule is CCC(=O)O.I.II.I[I-]I.O=C(Cl)OCCS(=O)(=O)c1ccc([N+](=O)[O-])cc1.O=C(O)CCC(=O)OCCS(=O)(=O)c1ccc([N+](=O)[O-])cc1. The molecule has 0 aliphatic rings. The summed E-state index contributed by atoms with van der Waals surface area (Å²) in [5.74, 6) is -3.64.